The van der Waals surface area contributed by atoms with Gasteiger partial charge in [0.25, 0.3) is 6.43 Å². The molecule has 0 aliphatic rings. The van der Waals surface area contributed by atoms with Gasteiger partial charge in [-0.05, 0) is 5.56 Å². The summed E-state index contributed by atoms with van der Waals surface area (Å²) >= 11 is 0. The van der Waals surface area contributed by atoms with E-state index in [1.54, 1.807) is 0 Å². The van der Waals surface area contributed by atoms with Gasteiger partial charge in [-0.1, -0.05) is 0 Å². The lowest BCUT2D eigenvalue weighted by Crippen LogP contribution is -2.08. The highest BCUT2D eigenvalue weighted by Crippen LogP contribution is 2.27. The molecule has 1 heterocycles. The van der Waals surface area contributed by atoms with Crippen molar-refractivity contribution in [3.63, 3.8) is 0 Å². The highest BCUT2D eigenvalue weighted by molar-refractivity contribution is 5.75. The molecule has 0 saturated heterocycles. The molecule has 0 aliphatic heterocycles. The van der Waals surface area contributed by atoms with E-state index in [4.69, 9.17) is 10.5 Å². The van der Waals surface area contributed by atoms with Gasteiger partial charge in [0.05, 0.1) is 12.7 Å². The molecule has 0 aromatic carbocycles. The van der Waals surface area contributed by atoms with E-state index in [9.17, 15) is 13.6 Å². The van der Waals surface area contributed by atoms with Crippen molar-refractivity contribution in [2.45, 2.75) is 13.0 Å². The zero-order valence-corrected chi connectivity index (χ0v) is 8.04. The third-order valence-corrected chi connectivity index (χ3v) is 1.91. The van der Waals surface area contributed by atoms with Crippen molar-refractivity contribution in [2.75, 3.05) is 7.11 Å². The number of alkyl halides is 2. The SMILES string of the molecule is COc1cc(CN)c(C(F)F)c(C=O)n1. The molecule has 1 aromatic heterocycles. The monoisotopic (exact) mass is 216 g/mol. The van der Waals surface area contributed by atoms with Crippen molar-refractivity contribution in [1.29, 1.82) is 0 Å². The molecule has 2 N–H and O–H groups in total. The molecule has 0 saturated carbocycles. The van der Waals surface area contributed by atoms with Gasteiger partial charge in [-0.3, -0.25) is 4.79 Å². The maximum absolute atomic E-state index is 12.6. The molecule has 82 valence electrons. The number of carbonyl (C=O) groups excluding carboxylic acids is 1. The average molecular weight is 216 g/mol. The molecule has 0 bridgehead atoms. The fourth-order valence-corrected chi connectivity index (χ4v) is 1.22. The lowest BCUT2D eigenvalue weighted by Gasteiger charge is -2.10. The third-order valence-electron chi connectivity index (χ3n) is 1.91. The molecule has 1 rings (SSSR count). The van der Waals surface area contributed by atoms with Gasteiger partial charge in [-0.25, -0.2) is 13.8 Å². The molecule has 1 aromatic rings. The molecule has 0 fully saturated rings. The van der Waals surface area contributed by atoms with Gasteiger partial charge in [-0.2, -0.15) is 0 Å². The van der Waals surface area contributed by atoms with Gasteiger partial charge in [0.2, 0.25) is 5.88 Å². The normalized spacial score (nSPS) is 10.5. The van der Waals surface area contributed by atoms with E-state index >= 15 is 0 Å². The first-order valence-electron chi connectivity index (χ1n) is 4.15. The van der Waals surface area contributed by atoms with E-state index in [0.29, 0.717) is 0 Å². The van der Waals surface area contributed by atoms with E-state index in [2.05, 4.69) is 4.98 Å². The summed E-state index contributed by atoms with van der Waals surface area (Å²) in [6, 6.07) is 1.30. The molecule has 6 heteroatoms. The number of carbonyl (C=O) groups is 1. The zero-order valence-electron chi connectivity index (χ0n) is 8.04. The Labute approximate surface area is 85.1 Å². The number of halogens is 2. The Morgan fingerprint density at radius 2 is 2.33 bits per heavy atom. The van der Waals surface area contributed by atoms with Gasteiger partial charge < -0.3 is 10.5 Å². The van der Waals surface area contributed by atoms with Crippen LogP contribution in [0.2, 0.25) is 0 Å². The average Bonchev–Trinajstić information content (AvgIpc) is 2.26. The number of ether oxygens (including phenoxy) is 1. The number of pyridine rings is 1. The van der Waals surface area contributed by atoms with Crippen molar-refractivity contribution in [1.82, 2.24) is 4.98 Å². The highest BCUT2D eigenvalue weighted by atomic mass is 19.3. The van der Waals surface area contributed by atoms with E-state index in [1.165, 1.54) is 13.2 Å². The first kappa shape index (κ1) is 11.5. The predicted molar refractivity (Wildman–Crippen MR) is 49.0 cm³/mol. The zero-order chi connectivity index (χ0) is 11.4. The van der Waals surface area contributed by atoms with Gasteiger partial charge in [-0.15, -0.1) is 0 Å². The number of aromatic nitrogens is 1. The van der Waals surface area contributed by atoms with Crippen LogP contribution < -0.4 is 10.5 Å². The summed E-state index contributed by atoms with van der Waals surface area (Å²) in [4.78, 5) is 14.2. The van der Waals surface area contributed by atoms with Crippen LogP contribution in [0.4, 0.5) is 8.78 Å². The fraction of sp³-hybridized carbons (Fsp3) is 0.333. The summed E-state index contributed by atoms with van der Waals surface area (Å²) in [5.74, 6) is 0.0990. The Kier molecular flexibility index (Phi) is 3.68. The minimum absolute atomic E-state index is 0.0978. The molecule has 0 unspecified atom stereocenters. The Morgan fingerprint density at radius 1 is 1.67 bits per heavy atom. The van der Waals surface area contributed by atoms with Crippen LogP contribution in [-0.2, 0) is 6.54 Å². The van der Waals surface area contributed by atoms with Crippen LogP contribution >= 0.6 is 0 Å². The van der Waals surface area contributed by atoms with Crippen LogP contribution in [0.15, 0.2) is 6.07 Å². The van der Waals surface area contributed by atoms with E-state index in [1.807, 2.05) is 0 Å². The highest BCUT2D eigenvalue weighted by Gasteiger charge is 2.19. The minimum Gasteiger partial charge on any atom is -0.481 e. The van der Waals surface area contributed by atoms with Crippen LogP contribution in [-0.4, -0.2) is 18.4 Å². The van der Waals surface area contributed by atoms with Crippen molar-refractivity contribution < 1.29 is 18.3 Å². The van der Waals surface area contributed by atoms with Gasteiger partial charge >= 0.3 is 0 Å². The van der Waals surface area contributed by atoms with Crippen molar-refractivity contribution in [2.24, 2.45) is 5.73 Å². The van der Waals surface area contributed by atoms with Gasteiger partial charge in [0, 0.05) is 12.6 Å². The number of nitrogens with zero attached hydrogens (tertiary/aromatic N) is 1. The van der Waals surface area contributed by atoms with Crippen LogP contribution in [0.5, 0.6) is 5.88 Å². The number of aldehydes is 1. The number of hydrogen-bond donors (Lipinski definition) is 1. The molecule has 0 amide bonds. The molecular weight excluding hydrogens is 206 g/mol. The number of rotatable bonds is 4. The summed E-state index contributed by atoms with van der Waals surface area (Å²) in [7, 11) is 1.33. The van der Waals surface area contributed by atoms with Crippen molar-refractivity contribution in [3.05, 3.63) is 22.9 Å². The minimum atomic E-state index is -2.78. The number of methoxy groups -OCH3 is 1. The lowest BCUT2D eigenvalue weighted by atomic mass is 10.1. The summed E-state index contributed by atoms with van der Waals surface area (Å²) < 4.78 is 30.0. The summed E-state index contributed by atoms with van der Waals surface area (Å²) in [5.41, 5.74) is 4.72. The summed E-state index contributed by atoms with van der Waals surface area (Å²) in [6.07, 6.45) is -2.51. The fourth-order valence-electron chi connectivity index (χ4n) is 1.22. The smallest absolute Gasteiger partial charge is 0.266 e. The first-order chi connectivity index (χ1) is 7.13. The Balaban J connectivity index is 3.39. The van der Waals surface area contributed by atoms with E-state index < -0.39 is 12.0 Å². The molecule has 0 spiro atoms. The quantitative estimate of drug-likeness (QED) is 0.770. The maximum atomic E-state index is 12.6. The number of nitrogens with two attached hydrogens (primary N) is 1. The van der Waals surface area contributed by atoms with Gasteiger partial charge in [0.15, 0.2) is 6.29 Å². The van der Waals surface area contributed by atoms with E-state index in [0.717, 1.165) is 0 Å². The van der Waals surface area contributed by atoms with Crippen molar-refractivity contribution in [3.8, 4) is 5.88 Å². The van der Waals surface area contributed by atoms with Crippen molar-refractivity contribution >= 4 is 6.29 Å². The predicted octanol–water partition coefficient (Wildman–Crippen LogP) is 1.30. The van der Waals surface area contributed by atoms with E-state index in [-0.39, 0.29) is 30.0 Å². The Hall–Kier alpha value is -1.56. The van der Waals surface area contributed by atoms with Crippen LogP contribution in [0.25, 0.3) is 0 Å². The largest absolute Gasteiger partial charge is 0.481 e. The second-order valence-corrected chi connectivity index (χ2v) is 2.75. The molecule has 15 heavy (non-hydrogen) atoms. The molecule has 0 atom stereocenters. The lowest BCUT2D eigenvalue weighted by molar-refractivity contribution is 0.110. The van der Waals surface area contributed by atoms with Crippen LogP contribution in [0.3, 0.4) is 0 Å². The Bertz CT molecular complexity index is 369. The van der Waals surface area contributed by atoms with Gasteiger partial charge in [0.1, 0.15) is 5.69 Å². The summed E-state index contributed by atoms with van der Waals surface area (Å²) in [6.45, 7) is -0.0978. The third kappa shape index (κ3) is 2.27. The molecule has 4 nitrogen and oxygen atoms in total. The Morgan fingerprint density at radius 3 is 2.73 bits per heavy atom. The topological polar surface area (TPSA) is 65.2 Å². The molecular formula is C9H10F2N2O2. The second kappa shape index (κ2) is 4.79. The number of hydrogen-bond acceptors (Lipinski definition) is 4. The molecule has 0 aliphatic carbocycles. The molecule has 0 radical (unpaired) electrons. The second-order valence-electron chi connectivity index (χ2n) is 2.75. The van der Waals surface area contributed by atoms with Crippen LogP contribution in [0.1, 0.15) is 28.0 Å². The summed E-state index contributed by atoms with van der Waals surface area (Å²) in [5, 5.41) is 0. The first-order valence-corrected chi connectivity index (χ1v) is 4.15. The maximum Gasteiger partial charge on any atom is 0.266 e. The van der Waals surface area contributed by atoms with Crippen LogP contribution in [0, 0.1) is 0 Å². The standard InChI is InChI=1S/C9H10F2N2O2/c1-15-7-2-5(3-12)8(9(10)11)6(4-14)13-7/h2,4,9H,3,12H2,1H3.